The average molecular weight is 1000 g/mol. The van der Waals surface area contributed by atoms with Crippen molar-refractivity contribution in [3.8, 4) is 22.3 Å². The van der Waals surface area contributed by atoms with Gasteiger partial charge < -0.3 is 18.6 Å². The third kappa shape index (κ3) is 6.85. The maximum absolute atomic E-state index is 2.59. The third-order valence-electron chi connectivity index (χ3n) is 16.7. The molecule has 0 amide bonds. The first-order valence-electron chi connectivity index (χ1n) is 27.4. The summed E-state index contributed by atoms with van der Waals surface area (Å²) in [6, 6.07) is 90.4. The van der Waals surface area contributed by atoms with E-state index in [-0.39, 0.29) is 10.8 Å². The lowest BCUT2D eigenvalue weighted by molar-refractivity contribution is 0.590. The van der Waals surface area contributed by atoms with Crippen molar-refractivity contribution in [3.05, 3.63) is 254 Å². The number of anilines is 6. The van der Waals surface area contributed by atoms with Crippen molar-refractivity contribution < 1.29 is 0 Å². The molecule has 0 aliphatic carbocycles. The minimum absolute atomic E-state index is 0.0439. The van der Waals surface area contributed by atoms with Crippen molar-refractivity contribution in [2.24, 2.45) is 0 Å². The molecule has 4 aromatic heterocycles. The largest absolute Gasteiger partial charge is 0.310 e. The molecule has 15 aromatic rings. The zero-order chi connectivity index (χ0) is 52.6. The second kappa shape index (κ2) is 17.1. The van der Waals surface area contributed by atoms with Crippen molar-refractivity contribution >= 4 is 110 Å². The molecule has 0 saturated heterocycles. The van der Waals surface area contributed by atoms with Crippen molar-refractivity contribution in [2.45, 2.75) is 52.4 Å². The quantitative estimate of drug-likeness (QED) is 0.151. The molecule has 4 heterocycles. The number of rotatable bonds is 8. The zero-order valence-electron chi connectivity index (χ0n) is 44.9. The molecule has 0 bridgehead atoms. The molecule has 78 heavy (non-hydrogen) atoms. The van der Waals surface area contributed by atoms with E-state index in [1.54, 1.807) is 0 Å². The van der Waals surface area contributed by atoms with E-state index < -0.39 is 0 Å². The topological polar surface area (TPSA) is 15.3 Å². The van der Waals surface area contributed by atoms with Crippen LogP contribution in [0.4, 0.5) is 34.1 Å². The van der Waals surface area contributed by atoms with E-state index in [1.807, 2.05) is 0 Å². The van der Waals surface area contributed by atoms with Gasteiger partial charge in [0.2, 0.25) is 0 Å². The van der Waals surface area contributed by atoms with Crippen molar-refractivity contribution in [2.75, 3.05) is 9.80 Å². The summed E-state index contributed by atoms with van der Waals surface area (Å²) < 4.78 is 5.17. The van der Waals surface area contributed by atoms with Crippen LogP contribution in [-0.2, 0) is 10.8 Å². The van der Waals surface area contributed by atoms with E-state index in [0.29, 0.717) is 0 Å². The van der Waals surface area contributed by atoms with E-state index in [1.165, 1.54) is 110 Å². The maximum atomic E-state index is 2.59. The minimum Gasteiger partial charge on any atom is -0.310 e. The van der Waals surface area contributed by atoms with E-state index in [2.05, 4.69) is 303 Å². The van der Waals surface area contributed by atoms with Crippen molar-refractivity contribution in [1.29, 1.82) is 0 Å². The van der Waals surface area contributed by atoms with Crippen LogP contribution in [0.5, 0.6) is 0 Å². The van der Waals surface area contributed by atoms with Crippen LogP contribution in [0.1, 0.15) is 52.7 Å². The van der Waals surface area contributed by atoms with E-state index in [4.69, 9.17) is 0 Å². The molecule has 15 rings (SSSR count). The monoisotopic (exact) mass is 1000 g/mol. The Bertz CT molecular complexity index is 4360. The minimum atomic E-state index is 0.0439. The van der Waals surface area contributed by atoms with Gasteiger partial charge in [0.1, 0.15) is 0 Å². The Kier molecular flexibility index (Phi) is 10.1. The summed E-state index contributed by atoms with van der Waals surface area (Å²) >= 11 is 0. The number of para-hydroxylation sites is 4. The van der Waals surface area contributed by atoms with E-state index >= 15 is 0 Å². The summed E-state index contributed by atoms with van der Waals surface area (Å²) in [5, 5.41) is 9.94. The fourth-order valence-electron chi connectivity index (χ4n) is 13.0. The highest BCUT2D eigenvalue weighted by Crippen LogP contribution is 2.53. The summed E-state index contributed by atoms with van der Waals surface area (Å²) in [7, 11) is 0. The number of benzene rings is 11. The van der Waals surface area contributed by atoms with Gasteiger partial charge in [0, 0.05) is 65.8 Å². The van der Waals surface area contributed by atoms with Gasteiger partial charge in [-0.1, -0.05) is 199 Å². The summed E-state index contributed by atoms with van der Waals surface area (Å²) in [5.41, 5.74) is 21.6. The van der Waals surface area contributed by atoms with Gasteiger partial charge in [0.25, 0.3) is 0 Å². The van der Waals surface area contributed by atoms with Gasteiger partial charge in [-0.2, -0.15) is 0 Å². The van der Waals surface area contributed by atoms with Crippen LogP contribution in [0.3, 0.4) is 0 Å². The van der Waals surface area contributed by atoms with Crippen LogP contribution >= 0.6 is 0 Å². The second-order valence-electron chi connectivity index (χ2n) is 23.3. The van der Waals surface area contributed by atoms with Crippen LogP contribution in [0, 0.1) is 0 Å². The second-order valence-corrected chi connectivity index (χ2v) is 23.3. The first kappa shape index (κ1) is 46.0. The highest BCUT2D eigenvalue weighted by Gasteiger charge is 2.30. The van der Waals surface area contributed by atoms with E-state index in [0.717, 1.165) is 34.1 Å². The molecule has 374 valence electrons. The number of fused-ring (bicyclic) bond motifs is 12. The SMILES string of the molecule is CC(C)(C)c1ccc(-c2cccc3c2c2c(N(c4ccccc4)c4ccccc4)ccc4c5cc6c(cc5n3c42)c2ccc(N(c3ccccc3)c3ccccc3)c3c4c(-c5ccc(C(C)(C)C)cc5)cccc4n6c23)cc1. The highest BCUT2D eigenvalue weighted by molar-refractivity contribution is 6.34. The lowest BCUT2D eigenvalue weighted by Crippen LogP contribution is -2.10. The van der Waals surface area contributed by atoms with Gasteiger partial charge in [0.15, 0.2) is 0 Å². The van der Waals surface area contributed by atoms with Crippen LogP contribution in [0.15, 0.2) is 243 Å². The predicted octanol–water partition coefficient (Wildman–Crippen LogP) is 20.9. The molecule has 0 unspecified atom stereocenters. The molecule has 0 aliphatic heterocycles. The molecule has 4 heteroatoms. The van der Waals surface area contributed by atoms with Crippen molar-refractivity contribution in [1.82, 2.24) is 8.80 Å². The fraction of sp³-hybridized carbons (Fsp3) is 0.108. The highest BCUT2D eigenvalue weighted by atomic mass is 15.2. The Balaban J connectivity index is 1.07. The molecule has 0 saturated carbocycles. The number of aromatic nitrogens is 2. The van der Waals surface area contributed by atoms with Crippen LogP contribution in [0.2, 0.25) is 0 Å². The Hall–Kier alpha value is -9.38. The van der Waals surface area contributed by atoms with Crippen LogP contribution < -0.4 is 9.80 Å². The summed E-state index contributed by atoms with van der Waals surface area (Å²) in [6.07, 6.45) is 0. The molecule has 0 N–H and O–H groups in total. The van der Waals surface area contributed by atoms with Crippen LogP contribution in [-0.4, -0.2) is 8.80 Å². The molecular weight excluding hydrogens is 945 g/mol. The molecule has 0 spiro atoms. The first-order valence-corrected chi connectivity index (χ1v) is 27.4. The molecule has 0 aliphatic rings. The number of hydrogen-bond acceptors (Lipinski definition) is 2. The average Bonchev–Trinajstić information content (AvgIpc) is 2.34. The Morgan fingerprint density at radius 3 is 0.936 bits per heavy atom. The van der Waals surface area contributed by atoms with Crippen LogP contribution in [0.25, 0.3) is 98.4 Å². The smallest absolute Gasteiger partial charge is 0.0641 e. The first-order chi connectivity index (χ1) is 38.0. The third-order valence-corrected chi connectivity index (χ3v) is 16.7. The van der Waals surface area contributed by atoms with Gasteiger partial charge in [0.05, 0.1) is 44.5 Å². The predicted molar refractivity (Wildman–Crippen MR) is 333 cm³/mol. The molecular formula is C74H58N4. The van der Waals surface area contributed by atoms with Gasteiger partial charge in [-0.15, -0.1) is 0 Å². The van der Waals surface area contributed by atoms with Gasteiger partial charge in [-0.25, -0.2) is 0 Å². The summed E-state index contributed by atoms with van der Waals surface area (Å²) in [4.78, 5) is 4.90. The van der Waals surface area contributed by atoms with Gasteiger partial charge in [-0.3, -0.25) is 0 Å². The maximum Gasteiger partial charge on any atom is 0.0641 e. The molecule has 11 aromatic carbocycles. The molecule has 0 atom stereocenters. The van der Waals surface area contributed by atoms with E-state index in [9.17, 15) is 0 Å². The van der Waals surface area contributed by atoms with Gasteiger partial charge >= 0.3 is 0 Å². The Morgan fingerprint density at radius 2 is 0.615 bits per heavy atom. The summed E-state index contributed by atoms with van der Waals surface area (Å²) in [6.45, 7) is 13.7. The lowest BCUT2D eigenvalue weighted by Gasteiger charge is -2.26. The Labute approximate surface area is 454 Å². The number of nitrogens with zero attached hydrogens (tertiary/aromatic N) is 4. The van der Waals surface area contributed by atoms with Crippen molar-refractivity contribution in [3.63, 3.8) is 0 Å². The molecule has 0 radical (unpaired) electrons. The fourth-order valence-corrected chi connectivity index (χ4v) is 13.0. The number of hydrogen-bond donors (Lipinski definition) is 0. The molecule has 4 nitrogen and oxygen atoms in total. The molecule has 0 fully saturated rings. The Morgan fingerprint density at radius 1 is 0.282 bits per heavy atom. The normalized spacial score (nSPS) is 12.5. The summed E-state index contributed by atoms with van der Waals surface area (Å²) in [5.74, 6) is 0. The lowest BCUT2D eigenvalue weighted by atomic mass is 9.86. The zero-order valence-corrected chi connectivity index (χ0v) is 44.9. The van der Waals surface area contributed by atoms with Gasteiger partial charge in [-0.05, 0) is 129 Å². The standard InChI is InChI=1S/C74H58N4/c1-73(2,3)49-37-33-47(34-38-49)55-29-19-31-61-67(55)69-63(75(51-21-11-7-12-22-51)52-23-13-8-14-24-52)43-41-57-59-46-66-60(45-65(59)77(61)71(57)69)58-42-44-64(76(53-25-15-9-16-26-53)54-27-17-10-18-28-54)70-68-56(30-20-32-62(68)78(66)72(58)70)48-35-39-50(40-36-48)74(4,5)6/h7-46H,1-6H3.